The summed E-state index contributed by atoms with van der Waals surface area (Å²) in [6, 6.07) is 14.1. The maximum Gasteiger partial charge on any atom is 0.243 e. The van der Waals surface area contributed by atoms with Gasteiger partial charge in [-0.15, -0.1) is 0 Å². The van der Waals surface area contributed by atoms with Crippen LogP contribution in [0.15, 0.2) is 65.6 Å². The quantitative estimate of drug-likeness (QED) is 0.711. The highest BCUT2D eigenvalue weighted by atomic mass is 32.2. The van der Waals surface area contributed by atoms with Gasteiger partial charge in [0.05, 0.1) is 4.90 Å². The van der Waals surface area contributed by atoms with E-state index in [2.05, 4.69) is 18.3 Å². The lowest BCUT2D eigenvalue weighted by atomic mass is 9.92. The zero-order valence-electron chi connectivity index (χ0n) is 17.1. The van der Waals surface area contributed by atoms with Crippen LogP contribution in [-0.4, -0.2) is 24.7 Å². The number of benzene rings is 2. The summed E-state index contributed by atoms with van der Waals surface area (Å²) >= 11 is 0. The van der Waals surface area contributed by atoms with Crippen LogP contribution in [0, 0.1) is 12.8 Å². The number of aryl methyl sites for hydroxylation is 1. The average molecular weight is 413 g/mol. The molecule has 1 N–H and O–H groups in total. The van der Waals surface area contributed by atoms with Gasteiger partial charge in [-0.1, -0.05) is 48.9 Å². The molecule has 0 saturated heterocycles. The van der Waals surface area contributed by atoms with Crippen molar-refractivity contribution in [2.45, 2.75) is 51.1 Å². The fourth-order valence-electron chi connectivity index (χ4n) is 3.57. The molecule has 0 radical (unpaired) electrons. The molecule has 0 saturated carbocycles. The molecular formula is C23H28N2O3S. The Morgan fingerprint density at radius 3 is 2.34 bits per heavy atom. The van der Waals surface area contributed by atoms with Gasteiger partial charge in [-0.05, 0) is 55.5 Å². The van der Waals surface area contributed by atoms with E-state index in [1.165, 1.54) is 6.92 Å². The minimum absolute atomic E-state index is 0.180. The SMILES string of the molecule is CC(=O)Nc1ccc(S(=O)(=O)N(Cc2ccc(C)cc2)C2C=CCC(C)C2)cc1. The maximum absolute atomic E-state index is 13.5. The predicted molar refractivity (Wildman–Crippen MR) is 116 cm³/mol. The van der Waals surface area contributed by atoms with E-state index >= 15 is 0 Å². The summed E-state index contributed by atoms with van der Waals surface area (Å²) in [5, 5.41) is 2.67. The number of nitrogens with one attached hydrogen (secondary N) is 1. The molecule has 0 bridgehead atoms. The molecule has 0 fully saturated rings. The largest absolute Gasteiger partial charge is 0.326 e. The van der Waals surface area contributed by atoms with Crippen molar-refractivity contribution < 1.29 is 13.2 Å². The Kier molecular flexibility index (Phi) is 6.55. The highest BCUT2D eigenvalue weighted by Crippen LogP contribution is 2.29. The fourth-order valence-corrected chi connectivity index (χ4v) is 5.15. The van der Waals surface area contributed by atoms with Gasteiger partial charge in [0.1, 0.15) is 0 Å². The molecule has 0 spiro atoms. The Labute approximate surface area is 173 Å². The first-order chi connectivity index (χ1) is 13.8. The minimum atomic E-state index is -3.71. The fraction of sp³-hybridized carbons (Fsp3) is 0.348. The van der Waals surface area contributed by atoms with Crippen LogP contribution < -0.4 is 5.32 Å². The third-order valence-electron chi connectivity index (χ3n) is 5.15. The Bertz CT molecular complexity index is 980. The van der Waals surface area contributed by atoms with Crippen molar-refractivity contribution in [3.05, 3.63) is 71.8 Å². The van der Waals surface area contributed by atoms with E-state index in [0.29, 0.717) is 18.2 Å². The standard InChI is InChI=1S/C23H28N2O3S/c1-17-7-9-20(10-8-17)16-25(22-6-4-5-18(2)15-22)29(27,28)23-13-11-21(12-14-23)24-19(3)26/h4,6-14,18,22H,5,15-16H2,1-3H3,(H,24,26). The smallest absolute Gasteiger partial charge is 0.243 e. The number of carbonyl (C=O) groups is 1. The maximum atomic E-state index is 13.5. The lowest BCUT2D eigenvalue weighted by Crippen LogP contribution is -2.40. The van der Waals surface area contributed by atoms with Crippen LogP contribution >= 0.6 is 0 Å². The number of anilines is 1. The van der Waals surface area contributed by atoms with Crippen molar-refractivity contribution in [2.75, 3.05) is 5.32 Å². The van der Waals surface area contributed by atoms with E-state index in [1.807, 2.05) is 37.3 Å². The topological polar surface area (TPSA) is 66.5 Å². The summed E-state index contributed by atoms with van der Waals surface area (Å²) < 4.78 is 28.7. The van der Waals surface area contributed by atoms with Gasteiger partial charge in [0, 0.05) is 25.2 Å². The molecule has 2 unspecified atom stereocenters. The van der Waals surface area contributed by atoms with E-state index < -0.39 is 10.0 Å². The molecule has 154 valence electrons. The molecule has 1 aliphatic carbocycles. The van der Waals surface area contributed by atoms with Crippen molar-refractivity contribution in [3.8, 4) is 0 Å². The van der Waals surface area contributed by atoms with Crippen LogP contribution in [0.3, 0.4) is 0 Å². The summed E-state index contributed by atoms with van der Waals surface area (Å²) in [5.74, 6) is 0.241. The van der Waals surface area contributed by atoms with Crippen LogP contribution in [-0.2, 0) is 21.4 Å². The van der Waals surface area contributed by atoms with E-state index in [9.17, 15) is 13.2 Å². The summed E-state index contributed by atoms with van der Waals surface area (Å²) in [6.07, 6.45) is 5.86. The molecule has 6 heteroatoms. The summed E-state index contributed by atoms with van der Waals surface area (Å²) in [4.78, 5) is 11.4. The molecular weight excluding hydrogens is 384 g/mol. The van der Waals surface area contributed by atoms with Crippen LogP contribution in [0.25, 0.3) is 0 Å². The first-order valence-corrected chi connectivity index (χ1v) is 11.3. The molecule has 1 aliphatic rings. The number of carbonyl (C=O) groups excluding carboxylic acids is 1. The van der Waals surface area contributed by atoms with Gasteiger partial charge in [-0.25, -0.2) is 8.42 Å². The van der Waals surface area contributed by atoms with E-state index in [1.54, 1.807) is 28.6 Å². The number of sulfonamides is 1. The van der Waals surface area contributed by atoms with Crippen molar-refractivity contribution >= 4 is 21.6 Å². The van der Waals surface area contributed by atoms with Gasteiger partial charge < -0.3 is 5.32 Å². The van der Waals surface area contributed by atoms with Gasteiger partial charge in [0.2, 0.25) is 15.9 Å². The first kappa shape index (κ1) is 21.3. The van der Waals surface area contributed by atoms with Crippen molar-refractivity contribution in [1.82, 2.24) is 4.31 Å². The van der Waals surface area contributed by atoms with E-state index in [4.69, 9.17) is 0 Å². The zero-order chi connectivity index (χ0) is 21.0. The second-order valence-corrected chi connectivity index (χ2v) is 9.70. The van der Waals surface area contributed by atoms with Crippen molar-refractivity contribution in [2.24, 2.45) is 5.92 Å². The number of hydrogen-bond acceptors (Lipinski definition) is 3. The lowest BCUT2D eigenvalue weighted by molar-refractivity contribution is -0.114. The Morgan fingerprint density at radius 1 is 1.10 bits per heavy atom. The minimum Gasteiger partial charge on any atom is -0.326 e. The number of amides is 1. The highest BCUT2D eigenvalue weighted by Gasteiger charge is 2.32. The molecule has 0 aliphatic heterocycles. The third-order valence-corrected chi connectivity index (χ3v) is 7.04. The van der Waals surface area contributed by atoms with Crippen LogP contribution in [0.4, 0.5) is 5.69 Å². The Balaban J connectivity index is 1.94. The molecule has 29 heavy (non-hydrogen) atoms. The lowest BCUT2D eigenvalue weighted by Gasteiger charge is -2.33. The van der Waals surface area contributed by atoms with Gasteiger partial charge in [-0.2, -0.15) is 4.31 Å². The normalized spacial score (nSPS) is 19.3. The number of nitrogens with zero attached hydrogens (tertiary/aromatic N) is 1. The van der Waals surface area contributed by atoms with Gasteiger partial charge in [0.15, 0.2) is 0 Å². The third kappa shape index (κ3) is 5.34. The summed E-state index contributed by atoms with van der Waals surface area (Å²) in [7, 11) is -3.71. The van der Waals surface area contributed by atoms with Crippen LogP contribution in [0.1, 0.15) is 37.8 Å². The summed E-state index contributed by atoms with van der Waals surface area (Å²) in [6.45, 7) is 5.90. The molecule has 0 heterocycles. The Hall–Kier alpha value is -2.44. The van der Waals surface area contributed by atoms with Gasteiger partial charge in [0.25, 0.3) is 0 Å². The van der Waals surface area contributed by atoms with E-state index in [-0.39, 0.29) is 16.8 Å². The molecule has 0 aromatic heterocycles. The van der Waals surface area contributed by atoms with E-state index in [0.717, 1.165) is 24.0 Å². The molecule has 5 nitrogen and oxygen atoms in total. The predicted octanol–water partition coefficient (Wildman–Crippen LogP) is 4.50. The highest BCUT2D eigenvalue weighted by molar-refractivity contribution is 7.89. The number of rotatable bonds is 6. The average Bonchev–Trinajstić information content (AvgIpc) is 2.67. The van der Waals surface area contributed by atoms with Crippen molar-refractivity contribution in [1.29, 1.82) is 0 Å². The molecule has 2 aromatic carbocycles. The molecule has 3 rings (SSSR count). The molecule has 2 atom stereocenters. The summed E-state index contributed by atoms with van der Waals surface area (Å²) in [5.41, 5.74) is 2.68. The number of allylic oxidation sites excluding steroid dienone is 1. The molecule has 2 aromatic rings. The van der Waals surface area contributed by atoms with Crippen LogP contribution in [0.5, 0.6) is 0 Å². The molecule has 1 amide bonds. The second kappa shape index (κ2) is 8.93. The van der Waals surface area contributed by atoms with Crippen LogP contribution in [0.2, 0.25) is 0 Å². The van der Waals surface area contributed by atoms with Gasteiger partial charge in [-0.3, -0.25) is 4.79 Å². The van der Waals surface area contributed by atoms with Gasteiger partial charge >= 0.3 is 0 Å². The second-order valence-electron chi connectivity index (χ2n) is 7.81. The van der Waals surface area contributed by atoms with Crippen molar-refractivity contribution in [3.63, 3.8) is 0 Å². The number of hydrogen-bond donors (Lipinski definition) is 1. The zero-order valence-corrected chi connectivity index (χ0v) is 17.9. The monoisotopic (exact) mass is 412 g/mol. The first-order valence-electron chi connectivity index (χ1n) is 9.87. The Morgan fingerprint density at radius 2 is 1.76 bits per heavy atom.